The number of hydrogen-bond acceptors (Lipinski definition) is 6. The Morgan fingerprint density at radius 2 is 1.62 bits per heavy atom. The smallest absolute Gasteiger partial charge is 0.334 e. The molecule has 0 spiro atoms. The van der Waals surface area contributed by atoms with E-state index in [1.54, 1.807) is 60.5 Å². The van der Waals surface area contributed by atoms with Crippen LogP contribution in [0, 0.1) is 5.82 Å². The number of fused-ring (bicyclic) bond motifs is 1. The van der Waals surface area contributed by atoms with Crippen LogP contribution >= 0.6 is 0 Å². The van der Waals surface area contributed by atoms with Crippen LogP contribution in [0.4, 0.5) is 9.18 Å². The second kappa shape index (κ2) is 12.5. The lowest BCUT2D eigenvalue weighted by Gasteiger charge is -2.54. The van der Waals surface area contributed by atoms with Gasteiger partial charge in [0, 0.05) is 26.6 Å². The van der Waals surface area contributed by atoms with Crippen LogP contribution in [0.3, 0.4) is 0 Å². The second-order valence-corrected chi connectivity index (χ2v) is 10.5. The summed E-state index contributed by atoms with van der Waals surface area (Å²) in [6.45, 7) is 0.623. The van der Waals surface area contributed by atoms with Gasteiger partial charge in [0.1, 0.15) is 29.5 Å². The molecule has 3 aromatic rings. The van der Waals surface area contributed by atoms with Crippen molar-refractivity contribution in [3.8, 4) is 11.5 Å². The molecule has 220 valence electrons. The van der Waals surface area contributed by atoms with Crippen LogP contribution in [0.15, 0.2) is 72.8 Å². The highest BCUT2D eigenvalue weighted by molar-refractivity contribution is 5.91. The Balaban J connectivity index is 1.40. The van der Waals surface area contributed by atoms with Crippen molar-refractivity contribution in [2.24, 2.45) is 0 Å². The van der Waals surface area contributed by atoms with Crippen molar-refractivity contribution in [2.45, 2.75) is 31.6 Å². The van der Waals surface area contributed by atoms with Crippen molar-refractivity contribution in [2.75, 3.05) is 33.8 Å². The molecule has 2 aliphatic rings. The number of methoxy groups -OCH3 is 1. The van der Waals surface area contributed by atoms with Gasteiger partial charge in [-0.15, -0.1) is 0 Å². The Bertz CT molecular complexity index is 1420. The molecule has 0 unspecified atom stereocenters. The van der Waals surface area contributed by atoms with Gasteiger partial charge in [-0.1, -0.05) is 36.4 Å². The van der Waals surface area contributed by atoms with Gasteiger partial charge >= 0.3 is 6.03 Å². The number of piperazine rings is 1. The lowest BCUT2D eigenvalue weighted by molar-refractivity contribution is -0.186. The molecule has 4 amide bonds. The minimum absolute atomic E-state index is 0.0777. The Hall–Kier alpha value is -4.64. The first kappa shape index (κ1) is 28.9. The molecule has 0 aliphatic carbocycles. The van der Waals surface area contributed by atoms with Gasteiger partial charge in [-0.3, -0.25) is 9.59 Å². The maximum atomic E-state index is 13.9. The summed E-state index contributed by atoms with van der Waals surface area (Å²) in [4.78, 5) is 44.1. The van der Waals surface area contributed by atoms with Crippen molar-refractivity contribution in [1.29, 1.82) is 0 Å². The van der Waals surface area contributed by atoms with Gasteiger partial charge in [0.05, 0.1) is 20.2 Å². The standard InChI is InChI=1S/C31H34FN5O5/c1-34-20-29(39)36-27(17-22-5-11-25(38)12-6-22)30(40)35(16-15-21-7-13-26(42-2)14-8-21)19-28(36)37(34)31(41)33-18-23-3-9-24(32)10-4-23/h3-14,27-28,38H,15-20H2,1-2H3,(H,33,41)/t27-,28-/m0/s1. The zero-order chi connectivity index (χ0) is 29.8. The van der Waals surface area contributed by atoms with Crippen LogP contribution in [0.1, 0.15) is 16.7 Å². The number of rotatable bonds is 8. The first-order chi connectivity index (χ1) is 20.2. The average Bonchev–Trinajstić information content (AvgIpc) is 2.98. The number of benzene rings is 3. The van der Waals surface area contributed by atoms with Crippen LogP contribution in [0.25, 0.3) is 0 Å². The van der Waals surface area contributed by atoms with Gasteiger partial charge in [-0.2, -0.15) is 0 Å². The molecule has 2 N–H and O–H groups in total. The lowest BCUT2D eigenvalue weighted by Crippen LogP contribution is -2.76. The Morgan fingerprint density at radius 1 is 0.976 bits per heavy atom. The van der Waals surface area contributed by atoms with E-state index in [2.05, 4.69) is 5.32 Å². The third-order valence-corrected chi connectivity index (χ3v) is 7.70. The summed E-state index contributed by atoms with van der Waals surface area (Å²) in [5.74, 6) is 0.0292. The first-order valence-electron chi connectivity index (χ1n) is 13.8. The molecule has 2 heterocycles. The molecule has 11 heteroatoms. The summed E-state index contributed by atoms with van der Waals surface area (Å²) in [7, 11) is 3.27. The quantitative estimate of drug-likeness (QED) is 0.428. The molecular weight excluding hydrogens is 541 g/mol. The fourth-order valence-electron chi connectivity index (χ4n) is 5.48. The molecule has 5 rings (SSSR count). The van der Waals surface area contributed by atoms with Crippen LogP contribution in [-0.4, -0.2) is 88.8 Å². The van der Waals surface area contributed by atoms with Crippen molar-refractivity contribution >= 4 is 17.8 Å². The average molecular weight is 576 g/mol. The van der Waals surface area contributed by atoms with E-state index in [1.165, 1.54) is 22.0 Å². The largest absolute Gasteiger partial charge is 0.508 e. The number of halogens is 1. The van der Waals surface area contributed by atoms with Crippen molar-refractivity contribution < 1.29 is 28.6 Å². The van der Waals surface area contributed by atoms with Crippen LogP contribution in [0.5, 0.6) is 11.5 Å². The molecule has 10 nitrogen and oxygen atoms in total. The normalized spacial score (nSPS) is 19.1. The molecule has 0 radical (unpaired) electrons. The number of hydrazine groups is 1. The number of urea groups is 1. The van der Waals surface area contributed by atoms with E-state index < -0.39 is 18.2 Å². The third kappa shape index (κ3) is 6.31. The Labute approximate surface area is 243 Å². The molecule has 0 aromatic heterocycles. The minimum atomic E-state index is -0.835. The van der Waals surface area contributed by atoms with E-state index in [9.17, 15) is 23.9 Å². The highest BCUT2D eigenvalue weighted by Crippen LogP contribution is 2.28. The van der Waals surface area contributed by atoms with E-state index in [-0.39, 0.29) is 49.4 Å². The lowest BCUT2D eigenvalue weighted by atomic mass is 9.98. The monoisotopic (exact) mass is 575 g/mol. The number of nitrogens with one attached hydrogen (secondary N) is 1. The highest BCUT2D eigenvalue weighted by Gasteiger charge is 2.50. The number of aromatic hydroxyl groups is 1. The van der Waals surface area contributed by atoms with Gasteiger partial charge < -0.3 is 25.0 Å². The van der Waals surface area contributed by atoms with Crippen molar-refractivity contribution in [1.82, 2.24) is 25.1 Å². The minimum Gasteiger partial charge on any atom is -0.508 e. The highest BCUT2D eigenvalue weighted by atomic mass is 19.1. The number of nitrogens with zero attached hydrogens (tertiary/aromatic N) is 4. The molecule has 0 saturated carbocycles. The maximum absolute atomic E-state index is 13.9. The summed E-state index contributed by atoms with van der Waals surface area (Å²) < 4.78 is 18.6. The number of likely N-dealkylation sites (N-methyl/N-ethyl adjacent to an activating group) is 1. The van der Waals surface area contributed by atoms with Gasteiger partial charge in [-0.05, 0) is 59.5 Å². The number of phenols is 1. The third-order valence-electron chi connectivity index (χ3n) is 7.70. The zero-order valence-electron chi connectivity index (χ0n) is 23.6. The summed E-state index contributed by atoms with van der Waals surface area (Å²) in [6.07, 6.45) is 0.0736. The van der Waals surface area contributed by atoms with E-state index >= 15 is 0 Å². The summed E-state index contributed by atoms with van der Waals surface area (Å²) >= 11 is 0. The zero-order valence-corrected chi connectivity index (χ0v) is 23.6. The second-order valence-electron chi connectivity index (χ2n) is 10.5. The SMILES string of the molecule is COc1ccc(CCN2C[C@H]3N(C(=O)CN(C)N3C(=O)NCc3ccc(F)cc3)[C@@H](Cc3ccc(O)cc3)C2=O)cc1. The molecule has 0 bridgehead atoms. The van der Waals surface area contributed by atoms with Crippen LogP contribution in [-0.2, 0) is 29.0 Å². The predicted molar refractivity (Wildman–Crippen MR) is 153 cm³/mol. The Morgan fingerprint density at radius 3 is 2.29 bits per heavy atom. The molecule has 2 aliphatic heterocycles. The van der Waals surface area contributed by atoms with Gasteiger partial charge in [-0.25, -0.2) is 19.2 Å². The maximum Gasteiger partial charge on any atom is 0.334 e. The molecule has 2 fully saturated rings. The number of phenolic OH excluding ortho intramolecular Hbond substituents is 1. The summed E-state index contributed by atoms with van der Waals surface area (Å²) in [5.41, 5.74) is 2.52. The van der Waals surface area contributed by atoms with Gasteiger partial charge in [0.15, 0.2) is 0 Å². The Kier molecular flexibility index (Phi) is 8.58. The number of hydrogen-bond donors (Lipinski definition) is 2. The molecule has 3 aromatic carbocycles. The van der Waals surface area contributed by atoms with E-state index in [1.807, 2.05) is 24.3 Å². The predicted octanol–water partition coefficient (Wildman–Crippen LogP) is 2.76. The molecular formula is C31H34FN5O5. The fraction of sp³-hybridized carbons (Fsp3) is 0.323. The van der Waals surface area contributed by atoms with Crippen molar-refractivity contribution in [3.05, 3.63) is 95.3 Å². The van der Waals surface area contributed by atoms with E-state index in [0.29, 0.717) is 13.0 Å². The molecule has 42 heavy (non-hydrogen) atoms. The molecule has 2 atom stereocenters. The van der Waals surface area contributed by atoms with E-state index in [4.69, 9.17) is 4.74 Å². The number of carbonyl (C=O) groups excluding carboxylic acids is 3. The van der Waals surface area contributed by atoms with Gasteiger partial charge in [0.2, 0.25) is 11.8 Å². The molecule has 2 saturated heterocycles. The number of amides is 4. The summed E-state index contributed by atoms with van der Waals surface area (Å²) in [5, 5.41) is 15.7. The number of ether oxygens (including phenoxy) is 1. The number of carbonyl (C=O) groups is 3. The van der Waals surface area contributed by atoms with Gasteiger partial charge in [0.25, 0.3) is 0 Å². The van der Waals surface area contributed by atoms with Crippen LogP contribution in [0.2, 0.25) is 0 Å². The van der Waals surface area contributed by atoms with Crippen molar-refractivity contribution in [3.63, 3.8) is 0 Å². The topological polar surface area (TPSA) is 106 Å². The fourth-order valence-corrected chi connectivity index (χ4v) is 5.48. The van der Waals surface area contributed by atoms with E-state index in [0.717, 1.165) is 22.4 Å². The first-order valence-corrected chi connectivity index (χ1v) is 13.8. The summed E-state index contributed by atoms with van der Waals surface area (Å²) in [6, 6.07) is 18.7. The van der Waals surface area contributed by atoms with Crippen LogP contribution < -0.4 is 10.1 Å².